The lowest BCUT2D eigenvalue weighted by molar-refractivity contribution is -0.116. The molecule has 0 aliphatic rings. The Morgan fingerprint density at radius 2 is 2.22 bits per heavy atom. The van der Waals surface area contributed by atoms with Crippen molar-refractivity contribution in [2.45, 2.75) is 13.8 Å². The van der Waals surface area contributed by atoms with E-state index in [0.717, 1.165) is 15.8 Å². The Morgan fingerprint density at radius 1 is 1.50 bits per heavy atom. The molecule has 1 N–H and O–H groups in total. The van der Waals surface area contributed by atoms with E-state index in [4.69, 9.17) is 4.74 Å². The first-order valence-corrected chi connectivity index (χ1v) is 6.61. The Balaban J connectivity index is 2.61. The summed E-state index contributed by atoms with van der Waals surface area (Å²) in [6, 6.07) is 5.66. The van der Waals surface area contributed by atoms with Crippen molar-refractivity contribution in [3.8, 4) is 5.75 Å². The van der Waals surface area contributed by atoms with E-state index in [1.54, 1.807) is 13.2 Å². The molecule has 18 heavy (non-hydrogen) atoms. The van der Waals surface area contributed by atoms with Crippen LogP contribution in [0.25, 0.3) is 6.08 Å². The molecule has 1 rings (SSSR count). The average molecular weight is 312 g/mol. The van der Waals surface area contributed by atoms with Gasteiger partial charge in [0.15, 0.2) is 0 Å². The molecular formula is C14H18BrNO2. The minimum Gasteiger partial charge on any atom is -0.496 e. The maximum Gasteiger partial charge on any atom is 0.244 e. The molecule has 0 aromatic heterocycles. The van der Waals surface area contributed by atoms with E-state index in [9.17, 15) is 4.79 Å². The van der Waals surface area contributed by atoms with Gasteiger partial charge in [0.05, 0.1) is 11.6 Å². The minimum atomic E-state index is -0.0735. The van der Waals surface area contributed by atoms with Gasteiger partial charge in [0.1, 0.15) is 5.75 Å². The van der Waals surface area contributed by atoms with E-state index in [0.29, 0.717) is 12.5 Å². The lowest BCUT2D eigenvalue weighted by Crippen LogP contribution is -2.25. The second kappa shape index (κ2) is 7.21. The van der Waals surface area contributed by atoms with Crippen LogP contribution in [0.1, 0.15) is 19.4 Å². The Labute approximate surface area is 116 Å². The highest BCUT2D eigenvalue weighted by Crippen LogP contribution is 2.25. The SMILES string of the molecule is COc1ccc(/C=C/C(=O)NCC(C)C)cc1Br. The van der Waals surface area contributed by atoms with Crippen LogP contribution in [0.15, 0.2) is 28.7 Å². The van der Waals surface area contributed by atoms with Gasteiger partial charge in [-0.15, -0.1) is 0 Å². The summed E-state index contributed by atoms with van der Waals surface area (Å²) in [4.78, 5) is 11.5. The number of carbonyl (C=O) groups is 1. The minimum absolute atomic E-state index is 0.0735. The third-order valence-electron chi connectivity index (χ3n) is 2.29. The summed E-state index contributed by atoms with van der Waals surface area (Å²) in [5.41, 5.74) is 0.947. The predicted octanol–water partition coefficient (Wildman–Crippen LogP) is 3.24. The molecule has 0 saturated heterocycles. The van der Waals surface area contributed by atoms with E-state index < -0.39 is 0 Å². The quantitative estimate of drug-likeness (QED) is 0.848. The fourth-order valence-electron chi connectivity index (χ4n) is 1.32. The van der Waals surface area contributed by atoms with Crippen LogP contribution in [0.3, 0.4) is 0 Å². The zero-order chi connectivity index (χ0) is 13.5. The summed E-state index contributed by atoms with van der Waals surface area (Å²) in [7, 11) is 1.62. The van der Waals surface area contributed by atoms with E-state index in [1.165, 1.54) is 6.08 Å². The lowest BCUT2D eigenvalue weighted by atomic mass is 10.2. The zero-order valence-corrected chi connectivity index (χ0v) is 12.5. The van der Waals surface area contributed by atoms with Crippen LogP contribution in [0, 0.1) is 5.92 Å². The zero-order valence-electron chi connectivity index (χ0n) is 10.9. The molecule has 0 fully saturated rings. The van der Waals surface area contributed by atoms with Crippen molar-refractivity contribution >= 4 is 27.9 Å². The number of nitrogens with one attached hydrogen (secondary N) is 1. The summed E-state index contributed by atoms with van der Waals surface area (Å²) < 4.78 is 6.01. The number of halogens is 1. The van der Waals surface area contributed by atoms with Gasteiger partial charge in [-0.25, -0.2) is 0 Å². The second-order valence-corrected chi connectivity index (χ2v) is 5.22. The number of rotatable bonds is 5. The molecule has 4 heteroatoms. The van der Waals surface area contributed by atoms with Gasteiger partial charge in [0.25, 0.3) is 0 Å². The number of benzene rings is 1. The van der Waals surface area contributed by atoms with Crippen LogP contribution in [-0.4, -0.2) is 19.6 Å². The van der Waals surface area contributed by atoms with E-state index in [2.05, 4.69) is 35.1 Å². The molecular weight excluding hydrogens is 294 g/mol. The molecule has 98 valence electrons. The Kier molecular flexibility index (Phi) is 5.92. The summed E-state index contributed by atoms with van der Waals surface area (Å²) in [5, 5.41) is 2.83. The van der Waals surface area contributed by atoms with Crippen LogP contribution in [-0.2, 0) is 4.79 Å². The number of hydrogen-bond acceptors (Lipinski definition) is 2. The molecule has 0 unspecified atom stereocenters. The van der Waals surface area contributed by atoms with Crippen molar-refractivity contribution in [1.29, 1.82) is 0 Å². The molecule has 1 aromatic rings. The fraction of sp³-hybridized carbons (Fsp3) is 0.357. The van der Waals surface area contributed by atoms with Gasteiger partial charge in [0, 0.05) is 12.6 Å². The van der Waals surface area contributed by atoms with Crippen molar-refractivity contribution in [1.82, 2.24) is 5.32 Å². The van der Waals surface area contributed by atoms with Gasteiger partial charge in [-0.2, -0.15) is 0 Å². The molecule has 0 atom stereocenters. The fourth-order valence-corrected chi connectivity index (χ4v) is 1.88. The maximum atomic E-state index is 11.5. The van der Waals surface area contributed by atoms with Crippen LogP contribution in [0.4, 0.5) is 0 Å². The summed E-state index contributed by atoms with van der Waals surface area (Å²) >= 11 is 3.40. The van der Waals surface area contributed by atoms with Gasteiger partial charge >= 0.3 is 0 Å². The van der Waals surface area contributed by atoms with Crippen molar-refractivity contribution < 1.29 is 9.53 Å². The standard InChI is InChI=1S/C14H18BrNO2/c1-10(2)9-16-14(17)7-5-11-4-6-13(18-3)12(15)8-11/h4-8,10H,9H2,1-3H3,(H,16,17)/b7-5+. The molecule has 0 radical (unpaired) electrons. The van der Waals surface area contributed by atoms with Crippen molar-refractivity contribution in [2.75, 3.05) is 13.7 Å². The normalized spacial score (nSPS) is 10.9. The van der Waals surface area contributed by atoms with Crippen molar-refractivity contribution in [3.63, 3.8) is 0 Å². The van der Waals surface area contributed by atoms with Crippen LogP contribution >= 0.6 is 15.9 Å². The number of ether oxygens (including phenoxy) is 1. The number of methoxy groups -OCH3 is 1. The topological polar surface area (TPSA) is 38.3 Å². The number of amides is 1. The predicted molar refractivity (Wildman–Crippen MR) is 77.6 cm³/mol. The average Bonchev–Trinajstić information content (AvgIpc) is 2.34. The summed E-state index contributed by atoms with van der Waals surface area (Å²) in [6.45, 7) is 4.81. The third-order valence-corrected chi connectivity index (χ3v) is 2.91. The second-order valence-electron chi connectivity index (χ2n) is 4.37. The smallest absolute Gasteiger partial charge is 0.244 e. The Hall–Kier alpha value is -1.29. The number of carbonyl (C=O) groups excluding carboxylic acids is 1. The van der Waals surface area contributed by atoms with Gasteiger partial charge < -0.3 is 10.1 Å². The van der Waals surface area contributed by atoms with Crippen LogP contribution in [0.2, 0.25) is 0 Å². The van der Waals surface area contributed by atoms with Crippen molar-refractivity contribution in [3.05, 3.63) is 34.3 Å². The molecule has 1 aromatic carbocycles. The van der Waals surface area contributed by atoms with Gasteiger partial charge in [-0.1, -0.05) is 19.9 Å². The Morgan fingerprint density at radius 3 is 2.78 bits per heavy atom. The van der Waals surface area contributed by atoms with Crippen molar-refractivity contribution in [2.24, 2.45) is 5.92 Å². The highest BCUT2D eigenvalue weighted by Gasteiger charge is 2.00. The molecule has 1 amide bonds. The summed E-state index contributed by atoms with van der Waals surface area (Å²) in [5.74, 6) is 1.16. The maximum absolute atomic E-state index is 11.5. The monoisotopic (exact) mass is 311 g/mol. The molecule has 0 aliphatic carbocycles. The molecule has 0 saturated carbocycles. The van der Waals surface area contributed by atoms with Crippen LogP contribution < -0.4 is 10.1 Å². The summed E-state index contributed by atoms with van der Waals surface area (Å²) in [6.07, 6.45) is 3.32. The Bertz CT molecular complexity index is 441. The van der Waals surface area contributed by atoms with Gasteiger partial charge in [0.2, 0.25) is 5.91 Å². The van der Waals surface area contributed by atoms with Crippen LogP contribution in [0.5, 0.6) is 5.75 Å². The molecule has 0 bridgehead atoms. The highest BCUT2D eigenvalue weighted by atomic mass is 79.9. The van der Waals surface area contributed by atoms with E-state index in [-0.39, 0.29) is 5.91 Å². The first-order chi connectivity index (χ1) is 8.52. The third kappa shape index (κ3) is 4.92. The van der Waals surface area contributed by atoms with Gasteiger partial charge in [-0.3, -0.25) is 4.79 Å². The largest absolute Gasteiger partial charge is 0.496 e. The van der Waals surface area contributed by atoms with E-state index in [1.807, 2.05) is 18.2 Å². The molecule has 0 heterocycles. The molecule has 0 spiro atoms. The molecule has 0 aliphatic heterocycles. The van der Waals surface area contributed by atoms with Gasteiger partial charge in [-0.05, 0) is 45.6 Å². The molecule has 3 nitrogen and oxygen atoms in total. The first-order valence-electron chi connectivity index (χ1n) is 5.82. The lowest BCUT2D eigenvalue weighted by Gasteiger charge is -2.05. The number of hydrogen-bond donors (Lipinski definition) is 1. The van der Waals surface area contributed by atoms with E-state index >= 15 is 0 Å². The first kappa shape index (κ1) is 14.8. The highest BCUT2D eigenvalue weighted by molar-refractivity contribution is 9.10.